The maximum atomic E-state index is 13.7. The quantitative estimate of drug-likeness (QED) is 0.262. The lowest BCUT2D eigenvalue weighted by Crippen LogP contribution is -2.42. The van der Waals surface area contributed by atoms with Crippen molar-refractivity contribution in [3.05, 3.63) is 111 Å². The highest BCUT2D eigenvalue weighted by Gasteiger charge is 2.42. The number of fused-ring (bicyclic) bond motifs is 2. The summed E-state index contributed by atoms with van der Waals surface area (Å²) in [4.78, 5) is 15.7. The summed E-state index contributed by atoms with van der Waals surface area (Å²) in [6, 6.07) is 24.6. The number of rotatable bonds is 10. The molecule has 1 aliphatic heterocycles. The van der Waals surface area contributed by atoms with Gasteiger partial charge in [-0.1, -0.05) is 103 Å². The van der Waals surface area contributed by atoms with E-state index in [0.717, 1.165) is 69.2 Å². The van der Waals surface area contributed by atoms with Gasteiger partial charge in [-0.05, 0) is 86.1 Å². The Bertz CT molecular complexity index is 1350. The summed E-state index contributed by atoms with van der Waals surface area (Å²) < 4.78 is 0. The van der Waals surface area contributed by atoms with Gasteiger partial charge in [0.05, 0.1) is 10.0 Å². The molecule has 40 heavy (non-hydrogen) atoms. The van der Waals surface area contributed by atoms with E-state index in [0.29, 0.717) is 10.0 Å². The predicted molar refractivity (Wildman–Crippen MR) is 168 cm³/mol. The first-order valence-electron chi connectivity index (χ1n) is 14.7. The van der Waals surface area contributed by atoms with Crippen molar-refractivity contribution in [3.63, 3.8) is 0 Å². The number of carbonyl (C=O) groups excluding carboxylic acids is 1. The minimum absolute atomic E-state index is 0.0400. The highest BCUT2D eigenvalue weighted by atomic mass is 35.5. The smallest absolute Gasteiger partial charge is 0.253 e. The lowest BCUT2D eigenvalue weighted by atomic mass is 9.68. The van der Waals surface area contributed by atoms with E-state index >= 15 is 0 Å². The minimum atomic E-state index is 0.0400. The SMILES string of the molecule is CCCCC([C@@H](CCC1=Cc2ccccc2C12CCNCC2)c1ccc(Cl)c(Cl)c1)N(C)C(=O)c1ccccc1. The molecule has 3 aromatic rings. The van der Waals surface area contributed by atoms with Crippen LogP contribution in [0.15, 0.2) is 78.4 Å². The number of unbranched alkanes of at least 4 members (excludes halogenated alkanes) is 1. The van der Waals surface area contributed by atoms with Gasteiger partial charge in [-0.2, -0.15) is 0 Å². The Labute approximate surface area is 249 Å². The molecular weight excluding hydrogens is 535 g/mol. The normalized spacial score (nSPS) is 17.2. The third-order valence-electron chi connectivity index (χ3n) is 9.13. The lowest BCUT2D eigenvalue weighted by molar-refractivity contribution is 0.0690. The summed E-state index contributed by atoms with van der Waals surface area (Å²) >= 11 is 12.9. The molecule has 1 spiro atoms. The van der Waals surface area contributed by atoms with E-state index in [1.165, 1.54) is 16.7 Å². The molecule has 1 amide bonds. The molecule has 5 rings (SSSR count). The molecule has 5 heteroatoms. The van der Waals surface area contributed by atoms with E-state index in [1.807, 2.05) is 54.4 Å². The highest BCUT2D eigenvalue weighted by Crippen LogP contribution is 2.50. The van der Waals surface area contributed by atoms with Crippen LogP contribution >= 0.6 is 23.2 Å². The Morgan fingerprint density at radius 1 is 0.950 bits per heavy atom. The molecular formula is C35H40Cl2N2O. The van der Waals surface area contributed by atoms with Crippen LogP contribution in [0.25, 0.3) is 6.08 Å². The second kappa shape index (κ2) is 12.9. The van der Waals surface area contributed by atoms with Crippen LogP contribution in [0.3, 0.4) is 0 Å². The van der Waals surface area contributed by atoms with Crippen LogP contribution in [0.5, 0.6) is 0 Å². The molecule has 0 radical (unpaired) electrons. The number of carbonyl (C=O) groups is 1. The fraction of sp³-hybridized carbons (Fsp3) is 0.400. The first-order chi connectivity index (χ1) is 19.4. The largest absolute Gasteiger partial charge is 0.338 e. The predicted octanol–water partition coefficient (Wildman–Crippen LogP) is 8.91. The van der Waals surface area contributed by atoms with Gasteiger partial charge in [0.25, 0.3) is 5.91 Å². The average Bonchev–Trinajstić information content (AvgIpc) is 3.28. The fourth-order valence-corrected chi connectivity index (χ4v) is 7.27. The summed E-state index contributed by atoms with van der Waals surface area (Å²) in [6.45, 7) is 4.29. The molecule has 3 aromatic carbocycles. The van der Waals surface area contributed by atoms with Crippen molar-refractivity contribution in [2.45, 2.75) is 69.2 Å². The van der Waals surface area contributed by atoms with E-state index < -0.39 is 0 Å². The van der Waals surface area contributed by atoms with Gasteiger partial charge < -0.3 is 10.2 Å². The van der Waals surface area contributed by atoms with Gasteiger partial charge in [0, 0.05) is 30.0 Å². The number of allylic oxidation sites excluding steroid dienone is 1. The molecule has 0 saturated carbocycles. The third kappa shape index (κ3) is 5.88. The molecule has 3 nitrogen and oxygen atoms in total. The molecule has 1 heterocycles. The number of nitrogens with zero attached hydrogens (tertiary/aromatic N) is 1. The molecule has 1 aliphatic carbocycles. The van der Waals surface area contributed by atoms with Crippen molar-refractivity contribution in [3.8, 4) is 0 Å². The van der Waals surface area contributed by atoms with E-state index in [4.69, 9.17) is 23.2 Å². The summed E-state index contributed by atoms with van der Waals surface area (Å²) in [5.74, 6) is 0.191. The first-order valence-corrected chi connectivity index (χ1v) is 15.5. The first kappa shape index (κ1) is 28.9. The average molecular weight is 576 g/mol. The minimum Gasteiger partial charge on any atom is -0.338 e. The number of amides is 1. The lowest BCUT2D eigenvalue weighted by Gasteiger charge is -2.40. The van der Waals surface area contributed by atoms with Crippen LogP contribution in [0.4, 0.5) is 0 Å². The summed E-state index contributed by atoms with van der Waals surface area (Å²) in [5.41, 5.74) is 6.36. The Morgan fingerprint density at radius 2 is 1.68 bits per heavy atom. The van der Waals surface area contributed by atoms with Crippen molar-refractivity contribution in [1.29, 1.82) is 0 Å². The van der Waals surface area contributed by atoms with E-state index in [2.05, 4.69) is 48.6 Å². The van der Waals surface area contributed by atoms with Gasteiger partial charge in [-0.3, -0.25) is 4.79 Å². The van der Waals surface area contributed by atoms with Crippen LogP contribution in [-0.4, -0.2) is 37.0 Å². The van der Waals surface area contributed by atoms with Gasteiger partial charge in [0.2, 0.25) is 0 Å². The Kier molecular flexibility index (Phi) is 9.35. The van der Waals surface area contributed by atoms with Crippen LogP contribution in [0.2, 0.25) is 10.0 Å². The maximum absolute atomic E-state index is 13.7. The number of piperidine rings is 1. The highest BCUT2D eigenvalue weighted by molar-refractivity contribution is 6.42. The molecule has 210 valence electrons. The van der Waals surface area contributed by atoms with Crippen molar-refractivity contribution in [1.82, 2.24) is 10.2 Å². The molecule has 0 bridgehead atoms. The number of hydrogen-bond acceptors (Lipinski definition) is 2. The van der Waals surface area contributed by atoms with Crippen molar-refractivity contribution >= 4 is 35.2 Å². The van der Waals surface area contributed by atoms with Crippen molar-refractivity contribution in [2.24, 2.45) is 0 Å². The number of nitrogens with one attached hydrogen (secondary N) is 1. The number of benzene rings is 3. The van der Waals surface area contributed by atoms with E-state index in [1.54, 1.807) is 0 Å². The monoisotopic (exact) mass is 574 g/mol. The van der Waals surface area contributed by atoms with Gasteiger partial charge in [0.1, 0.15) is 0 Å². The third-order valence-corrected chi connectivity index (χ3v) is 9.87. The van der Waals surface area contributed by atoms with Crippen molar-refractivity contribution in [2.75, 3.05) is 20.1 Å². The molecule has 1 saturated heterocycles. The zero-order valence-corrected chi connectivity index (χ0v) is 25.1. The summed E-state index contributed by atoms with van der Waals surface area (Å²) in [6.07, 6.45) is 9.69. The van der Waals surface area contributed by atoms with E-state index in [-0.39, 0.29) is 23.3 Å². The van der Waals surface area contributed by atoms with Crippen LogP contribution in [0, 0.1) is 0 Å². The zero-order valence-electron chi connectivity index (χ0n) is 23.6. The fourth-order valence-electron chi connectivity index (χ4n) is 6.96. The van der Waals surface area contributed by atoms with Crippen LogP contribution in [-0.2, 0) is 5.41 Å². The number of likely N-dealkylation sites (N-methyl/N-ethyl adjacent to an activating group) is 1. The molecule has 1 N–H and O–H groups in total. The zero-order chi connectivity index (χ0) is 28.1. The topological polar surface area (TPSA) is 32.3 Å². The van der Waals surface area contributed by atoms with Gasteiger partial charge in [-0.25, -0.2) is 0 Å². The van der Waals surface area contributed by atoms with Crippen molar-refractivity contribution < 1.29 is 4.79 Å². The second-order valence-electron chi connectivity index (χ2n) is 11.4. The number of hydrogen-bond donors (Lipinski definition) is 1. The van der Waals surface area contributed by atoms with Crippen LogP contribution < -0.4 is 5.32 Å². The Hall–Kier alpha value is -2.59. The molecule has 1 unspecified atom stereocenters. The standard InChI is InChI=1S/C35H40Cl2N2O/c1-3-4-14-33(39(2)34(40)25-10-6-5-7-11-25)29(26-15-18-31(36)32(37)24-26)17-16-28-23-27-12-8-9-13-30(27)35(28)19-21-38-22-20-35/h5-13,15,18,23-24,29,33,38H,3-4,14,16-17,19-22H2,1-2H3/t29-,33?/m0/s1. The molecule has 2 aliphatic rings. The summed E-state index contributed by atoms with van der Waals surface area (Å²) in [7, 11) is 1.97. The van der Waals surface area contributed by atoms with E-state index in [9.17, 15) is 4.79 Å². The van der Waals surface area contributed by atoms with Crippen LogP contribution in [0.1, 0.15) is 84.8 Å². The van der Waals surface area contributed by atoms with Gasteiger partial charge in [-0.15, -0.1) is 0 Å². The molecule has 1 fully saturated rings. The second-order valence-corrected chi connectivity index (χ2v) is 12.2. The number of halogens is 2. The van der Waals surface area contributed by atoms with Gasteiger partial charge in [0.15, 0.2) is 0 Å². The maximum Gasteiger partial charge on any atom is 0.253 e. The molecule has 0 aromatic heterocycles. The van der Waals surface area contributed by atoms with Gasteiger partial charge >= 0.3 is 0 Å². The molecule has 2 atom stereocenters. The Morgan fingerprint density at radius 3 is 2.40 bits per heavy atom. The Balaban J connectivity index is 1.49. The summed E-state index contributed by atoms with van der Waals surface area (Å²) in [5, 5.41) is 4.70.